The molecule has 0 aromatic carbocycles. The highest BCUT2D eigenvalue weighted by Crippen LogP contribution is 1.95. The summed E-state index contributed by atoms with van der Waals surface area (Å²) in [5.41, 5.74) is 0.136. The average molecular weight is 264 g/mol. The Morgan fingerprint density at radius 3 is 2.95 bits per heavy atom. The van der Waals surface area contributed by atoms with E-state index in [1.165, 1.54) is 4.40 Å². The van der Waals surface area contributed by atoms with Crippen molar-refractivity contribution in [3.8, 4) is 0 Å². The monoisotopic (exact) mass is 264 g/mol. The van der Waals surface area contributed by atoms with Gasteiger partial charge in [-0.25, -0.2) is 9.48 Å². The summed E-state index contributed by atoms with van der Waals surface area (Å²) in [6.45, 7) is 1.58. The van der Waals surface area contributed by atoms with Crippen LogP contribution in [-0.2, 0) is 11.3 Å². The van der Waals surface area contributed by atoms with Gasteiger partial charge in [-0.2, -0.15) is 0 Å². The molecule has 0 aliphatic heterocycles. The predicted octanol–water partition coefficient (Wildman–Crippen LogP) is -0.617. The van der Waals surface area contributed by atoms with Crippen molar-refractivity contribution in [3.63, 3.8) is 0 Å². The third kappa shape index (κ3) is 2.82. The van der Waals surface area contributed by atoms with E-state index in [1.807, 2.05) is 6.92 Å². The van der Waals surface area contributed by atoms with Crippen molar-refractivity contribution in [2.45, 2.75) is 25.9 Å². The van der Waals surface area contributed by atoms with Crippen LogP contribution in [0.15, 0.2) is 29.2 Å². The number of hydrogen-bond acceptors (Lipinski definition) is 4. The molecule has 1 amide bonds. The minimum atomic E-state index is -0.359. The predicted molar refractivity (Wildman–Crippen MR) is 68.8 cm³/mol. The zero-order chi connectivity index (χ0) is 13.8. The fourth-order valence-electron chi connectivity index (χ4n) is 1.76. The van der Waals surface area contributed by atoms with Gasteiger partial charge in [0.2, 0.25) is 5.91 Å². The third-order valence-corrected chi connectivity index (χ3v) is 2.86. The fraction of sp³-hybridized carbons (Fsp3) is 0.417. The summed E-state index contributed by atoms with van der Waals surface area (Å²) >= 11 is 0. The van der Waals surface area contributed by atoms with Gasteiger partial charge in [0.15, 0.2) is 5.65 Å². The van der Waals surface area contributed by atoms with Crippen molar-refractivity contribution >= 4 is 11.6 Å². The van der Waals surface area contributed by atoms with Crippen LogP contribution < -0.4 is 11.0 Å². The number of rotatable bonds is 5. The minimum absolute atomic E-state index is 0.123. The Balaban J connectivity index is 2.15. The largest absolute Gasteiger partial charge is 0.394 e. The van der Waals surface area contributed by atoms with Crippen molar-refractivity contribution in [2.75, 3.05) is 6.61 Å². The van der Waals surface area contributed by atoms with Crippen LogP contribution in [-0.4, -0.2) is 37.8 Å². The Bertz CT molecular complexity index is 627. The van der Waals surface area contributed by atoms with Crippen LogP contribution in [0.3, 0.4) is 0 Å². The van der Waals surface area contributed by atoms with E-state index >= 15 is 0 Å². The first-order chi connectivity index (χ1) is 9.15. The topological polar surface area (TPSA) is 88.6 Å². The van der Waals surface area contributed by atoms with Crippen molar-refractivity contribution < 1.29 is 9.90 Å². The minimum Gasteiger partial charge on any atom is -0.394 e. The summed E-state index contributed by atoms with van der Waals surface area (Å²) in [4.78, 5) is 23.7. The van der Waals surface area contributed by atoms with Crippen molar-refractivity contribution in [1.82, 2.24) is 19.5 Å². The molecule has 1 atom stereocenters. The van der Waals surface area contributed by atoms with Crippen molar-refractivity contribution in [2.24, 2.45) is 0 Å². The van der Waals surface area contributed by atoms with E-state index < -0.39 is 0 Å². The summed E-state index contributed by atoms with van der Waals surface area (Å²) in [6, 6.07) is 4.89. The molecule has 0 bridgehead atoms. The molecule has 0 unspecified atom stereocenters. The van der Waals surface area contributed by atoms with Gasteiger partial charge in [0, 0.05) is 6.20 Å². The molecular formula is C12H16N4O3. The zero-order valence-corrected chi connectivity index (χ0v) is 10.6. The van der Waals surface area contributed by atoms with Gasteiger partial charge >= 0.3 is 5.69 Å². The van der Waals surface area contributed by atoms with Gasteiger partial charge in [-0.15, -0.1) is 5.10 Å². The second-order valence-corrected chi connectivity index (χ2v) is 4.22. The van der Waals surface area contributed by atoms with Crippen LogP contribution in [0.1, 0.15) is 13.3 Å². The van der Waals surface area contributed by atoms with Crippen LogP contribution in [0.25, 0.3) is 5.65 Å². The Morgan fingerprint density at radius 1 is 1.53 bits per heavy atom. The first kappa shape index (κ1) is 13.3. The van der Waals surface area contributed by atoms with Gasteiger partial charge < -0.3 is 10.4 Å². The molecule has 19 heavy (non-hydrogen) atoms. The summed E-state index contributed by atoms with van der Waals surface area (Å²) in [6.07, 6.45) is 2.23. The molecule has 0 fully saturated rings. The maximum Gasteiger partial charge on any atom is 0.350 e. The normalized spacial score (nSPS) is 12.5. The van der Waals surface area contributed by atoms with Crippen LogP contribution in [0.4, 0.5) is 0 Å². The maximum atomic E-state index is 11.9. The number of aliphatic hydroxyl groups excluding tert-OH is 1. The molecule has 0 aliphatic carbocycles. The van der Waals surface area contributed by atoms with Gasteiger partial charge in [-0.3, -0.25) is 9.20 Å². The van der Waals surface area contributed by atoms with E-state index in [-0.39, 0.29) is 30.8 Å². The van der Waals surface area contributed by atoms with E-state index in [2.05, 4.69) is 10.4 Å². The van der Waals surface area contributed by atoms with E-state index in [0.29, 0.717) is 12.1 Å². The molecule has 0 spiro atoms. The third-order valence-electron chi connectivity index (χ3n) is 2.86. The molecule has 2 aromatic heterocycles. The molecule has 0 saturated heterocycles. The SMILES string of the molecule is CC[C@@H](CO)NC(=O)Cn1nc2ccccn2c1=O. The number of nitrogens with one attached hydrogen (secondary N) is 1. The van der Waals surface area contributed by atoms with Gasteiger partial charge in [-0.05, 0) is 18.6 Å². The highest BCUT2D eigenvalue weighted by atomic mass is 16.3. The summed E-state index contributed by atoms with van der Waals surface area (Å²) < 4.78 is 2.48. The van der Waals surface area contributed by atoms with E-state index in [0.717, 1.165) is 4.68 Å². The number of aliphatic hydroxyl groups is 1. The number of carbonyl (C=O) groups is 1. The van der Waals surface area contributed by atoms with Crippen LogP contribution in [0.2, 0.25) is 0 Å². The molecule has 2 aromatic rings. The Morgan fingerprint density at radius 2 is 2.32 bits per heavy atom. The van der Waals surface area contributed by atoms with Crippen molar-refractivity contribution in [1.29, 1.82) is 0 Å². The lowest BCUT2D eigenvalue weighted by Gasteiger charge is -2.13. The average Bonchev–Trinajstić information content (AvgIpc) is 2.73. The second kappa shape index (κ2) is 5.66. The van der Waals surface area contributed by atoms with E-state index in [9.17, 15) is 9.59 Å². The van der Waals surface area contributed by atoms with E-state index in [1.54, 1.807) is 24.4 Å². The Hall–Kier alpha value is -2.15. The number of nitrogens with zero attached hydrogens (tertiary/aromatic N) is 3. The summed E-state index contributed by atoms with van der Waals surface area (Å²) in [7, 11) is 0. The molecule has 0 aliphatic rings. The molecule has 2 heterocycles. The smallest absolute Gasteiger partial charge is 0.350 e. The molecular weight excluding hydrogens is 248 g/mol. The molecule has 7 nitrogen and oxygen atoms in total. The summed E-state index contributed by atoms with van der Waals surface area (Å²) in [5.74, 6) is -0.341. The van der Waals surface area contributed by atoms with E-state index in [4.69, 9.17) is 5.11 Å². The van der Waals surface area contributed by atoms with Crippen LogP contribution >= 0.6 is 0 Å². The number of hydrogen-bond donors (Lipinski definition) is 2. The highest BCUT2D eigenvalue weighted by Gasteiger charge is 2.13. The summed E-state index contributed by atoms with van der Waals surface area (Å²) in [5, 5.41) is 15.7. The second-order valence-electron chi connectivity index (χ2n) is 4.22. The molecule has 2 rings (SSSR count). The molecule has 2 N–H and O–H groups in total. The maximum absolute atomic E-state index is 11.9. The molecule has 7 heteroatoms. The Kier molecular flexibility index (Phi) is 3.96. The van der Waals surface area contributed by atoms with Crippen LogP contribution in [0.5, 0.6) is 0 Å². The lowest BCUT2D eigenvalue weighted by molar-refractivity contribution is -0.122. The number of amides is 1. The quantitative estimate of drug-likeness (QED) is 0.753. The first-order valence-corrected chi connectivity index (χ1v) is 6.10. The molecule has 0 radical (unpaired) electrons. The van der Waals surface area contributed by atoms with Crippen molar-refractivity contribution in [3.05, 3.63) is 34.9 Å². The fourth-order valence-corrected chi connectivity index (χ4v) is 1.76. The standard InChI is InChI=1S/C12H16N4O3/c1-2-9(8-17)13-11(18)7-16-12(19)15-6-4-3-5-10(15)14-16/h3-6,9,17H,2,7-8H2,1H3,(H,13,18)/t9-/m0/s1. The number of aromatic nitrogens is 3. The van der Waals surface area contributed by atoms with Gasteiger partial charge in [0.25, 0.3) is 0 Å². The number of pyridine rings is 1. The van der Waals surface area contributed by atoms with Gasteiger partial charge in [0.1, 0.15) is 6.54 Å². The van der Waals surface area contributed by atoms with Gasteiger partial charge in [0.05, 0.1) is 12.6 Å². The number of carbonyl (C=O) groups excluding carboxylic acids is 1. The lowest BCUT2D eigenvalue weighted by Crippen LogP contribution is -2.40. The Labute approximate surface area is 109 Å². The first-order valence-electron chi connectivity index (χ1n) is 6.10. The van der Waals surface area contributed by atoms with Gasteiger partial charge in [-0.1, -0.05) is 13.0 Å². The zero-order valence-electron chi connectivity index (χ0n) is 10.6. The molecule has 102 valence electrons. The lowest BCUT2D eigenvalue weighted by atomic mass is 10.2. The highest BCUT2D eigenvalue weighted by molar-refractivity contribution is 5.76. The van der Waals surface area contributed by atoms with Crippen LogP contribution in [0, 0.1) is 0 Å². The molecule has 0 saturated carbocycles. The number of fused-ring (bicyclic) bond motifs is 1.